The van der Waals surface area contributed by atoms with Crippen molar-refractivity contribution >= 4 is 63.7 Å². The molecule has 6 aliphatic carbocycles. The molecule has 0 aliphatic heterocycles. The fourth-order valence-corrected chi connectivity index (χ4v) is 9.86. The standard InChI is InChI=1S/C23H25N3O8.C19H18N2O7/c1-26(2)8-15(29)25-12-3-4-13(27)17-11(12)6-9-5-10-7-14(28)18(22(24)33)21(32)23(10,34)20(31)16(9)19(17)30;20-9-1-2-10(22)13-8(9)4-6-3-7-5-11(23)14(18(21)27)17(26)19(7,28)16(25)12(6)15(13)24/h3-4,9-10,27,30,32,34H,5-8H2,1-2H3,(H2,24,33)(H,25,29);1-2,6-7,22,24,26,28H,3-5,20H2,(H2,21,27)/t9?,10?,23-;6?,7?,19-/m00/s1. The van der Waals surface area contributed by atoms with E-state index in [4.69, 9.17) is 17.2 Å². The van der Waals surface area contributed by atoms with Crippen LogP contribution in [-0.2, 0) is 46.4 Å². The van der Waals surface area contributed by atoms with E-state index in [9.17, 15) is 74.4 Å². The number of likely N-dealkylation sites (N-methyl/N-ethyl adjacent to an activating group) is 1. The smallest absolute Gasteiger partial charge is 0.255 e. The second kappa shape index (κ2) is 14.9. The van der Waals surface area contributed by atoms with Gasteiger partial charge in [-0.1, -0.05) is 0 Å². The average molecular weight is 858 g/mol. The number of anilines is 2. The van der Waals surface area contributed by atoms with Gasteiger partial charge in [-0.05, 0) is 87.0 Å². The van der Waals surface area contributed by atoms with Gasteiger partial charge in [0, 0.05) is 47.2 Å². The molecule has 2 saturated carbocycles. The molecule has 2 aromatic carbocycles. The van der Waals surface area contributed by atoms with Crippen molar-refractivity contribution in [1.29, 1.82) is 0 Å². The summed E-state index contributed by atoms with van der Waals surface area (Å²) in [6.45, 7) is 0.0929. The van der Waals surface area contributed by atoms with Crippen LogP contribution in [-0.4, -0.2) is 118 Å². The number of rotatable bonds is 5. The minimum Gasteiger partial charge on any atom is -0.508 e. The maximum atomic E-state index is 13.4. The highest BCUT2D eigenvalue weighted by Crippen LogP contribution is 2.54. The zero-order valence-electron chi connectivity index (χ0n) is 33.2. The number of phenols is 2. The van der Waals surface area contributed by atoms with Gasteiger partial charge in [0.2, 0.25) is 17.5 Å². The monoisotopic (exact) mass is 857 g/mol. The lowest BCUT2D eigenvalue weighted by atomic mass is 9.59. The van der Waals surface area contributed by atoms with Gasteiger partial charge in [-0.25, -0.2) is 0 Å². The van der Waals surface area contributed by atoms with Crippen LogP contribution < -0.4 is 22.5 Å². The van der Waals surface area contributed by atoms with Gasteiger partial charge in [-0.15, -0.1) is 0 Å². The number of carbonyl (C=O) groups excluding carboxylic acids is 7. The molecule has 62 heavy (non-hydrogen) atoms. The zero-order valence-corrected chi connectivity index (χ0v) is 33.2. The van der Waals surface area contributed by atoms with E-state index < -0.39 is 110 Å². The van der Waals surface area contributed by atoms with Crippen LogP contribution >= 0.6 is 0 Å². The number of nitrogens with zero attached hydrogens (tertiary/aromatic N) is 1. The number of amides is 3. The molecule has 2 aromatic rings. The van der Waals surface area contributed by atoms with E-state index >= 15 is 0 Å². The minimum absolute atomic E-state index is 0.00729. The minimum atomic E-state index is -2.61. The first-order valence-corrected chi connectivity index (χ1v) is 19.3. The highest BCUT2D eigenvalue weighted by molar-refractivity contribution is 6.24. The Morgan fingerprint density at radius 3 is 1.53 bits per heavy atom. The molecule has 8 rings (SSSR count). The molecule has 6 atom stereocenters. The van der Waals surface area contributed by atoms with E-state index in [1.165, 1.54) is 24.3 Å². The van der Waals surface area contributed by atoms with Crippen molar-refractivity contribution in [3.05, 3.63) is 80.3 Å². The van der Waals surface area contributed by atoms with Crippen LogP contribution in [0.3, 0.4) is 0 Å². The van der Waals surface area contributed by atoms with Crippen molar-refractivity contribution < 1.29 is 74.4 Å². The second-order valence-electron chi connectivity index (χ2n) is 16.6. The van der Waals surface area contributed by atoms with Crippen molar-refractivity contribution in [1.82, 2.24) is 4.90 Å². The molecule has 20 heteroatoms. The number of hydrogen-bond acceptors (Lipinski definition) is 17. The Labute approximate surface area is 350 Å². The lowest BCUT2D eigenvalue weighted by molar-refractivity contribution is -0.148. The van der Waals surface area contributed by atoms with Crippen LogP contribution in [0.25, 0.3) is 11.5 Å². The van der Waals surface area contributed by atoms with Gasteiger partial charge in [0.1, 0.15) is 45.7 Å². The quantitative estimate of drug-likeness (QED) is 0.106. The highest BCUT2D eigenvalue weighted by atomic mass is 16.4. The van der Waals surface area contributed by atoms with Gasteiger partial charge < -0.3 is 68.3 Å². The summed E-state index contributed by atoms with van der Waals surface area (Å²) < 4.78 is 0. The molecule has 326 valence electrons. The van der Waals surface area contributed by atoms with Gasteiger partial charge in [0.05, 0.1) is 17.7 Å². The molecule has 6 aliphatic rings. The number of benzene rings is 2. The molecule has 3 amide bonds. The summed E-state index contributed by atoms with van der Waals surface area (Å²) >= 11 is 0. The Hall–Kier alpha value is -7.03. The predicted molar refractivity (Wildman–Crippen MR) is 214 cm³/mol. The molecule has 0 spiro atoms. The van der Waals surface area contributed by atoms with E-state index in [1.807, 2.05) is 0 Å². The molecule has 0 heterocycles. The summed E-state index contributed by atoms with van der Waals surface area (Å²) in [4.78, 5) is 88.4. The Balaban J connectivity index is 0.000000190. The molecule has 15 N–H and O–H groups in total. The fourth-order valence-electron chi connectivity index (χ4n) is 9.86. The normalized spacial score (nSPS) is 27.6. The lowest BCUT2D eigenvalue weighted by Gasteiger charge is -2.46. The third kappa shape index (κ3) is 6.28. The fraction of sp³-hybridized carbons (Fsp3) is 0.357. The van der Waals surface area contributed by atoms with Crippen LogP contribution in [0.15, 0.2) is 58.1 Å². The number of Topliss-reactive ketones (excluding diaryl/α,β-unsaturated/α-hetero) is 4. The number of ketones is 4. The largest absolute Gasteiger partial charge is 0.508 e. The molecular weight excluding hydrogens is 814 g/mol. The van der Waals surface area contributed by atoms with Gasteiger partial charge in [0.25, 0.3) is 11.8 Å². The number of aliphatic hydroxyl groups excluding tert-OH is 4. The molecular formula is C42H43N5O15. The first-order chi connectivity index (χ1) is 29.0. The number of nitrogen functional groups attached to an aromatic ring is 1. The molecule has 0 radical (unpaired) electrons. The van der Waals surface area contributed by atoms with E-state index in [-0.39, 0.29) is 78.3 Å². The van der Waals surface area contributed by atoms with Crippen LogP contribution in [0, 0.1) is 23.7 Å². The van der Waals surface area contributed by atoms with Crippen LogP contribution in [0.4, 0.5) is 11.4 Å². The topological polar surface area (TPSA) is 375 Å². The first kappa shape index (κ1) is 43.1. The van der Waals surface area contributed by atoms with Gasteiger partial charge in [0.15, 0.2) is 22.8 Å². The number of aliphatic hydroxyl groups is 6. The van der Waals surface area contributed by atoms with E-state index in [2.05, 4.69) is 5.32 Å². The average Bonchev–Trinajstić information content (AvgIpc) is 3.16. The van der Waals surface area contributed by atoms with Crippen molar-refractivity contribution in [3.63, 3.8) is 0 Å². The maximum Gasteiger partial charge on any atom is 0.255 e. The lowest BCUT2D eigenvalue weighted by Crippen LogP contribution is -2.58. The third-order valence-electron chi connectivity index (χ3n) is 12.7. The van der Waals surface area contributed by atoms with Crippen molar-refractivity contribution in [2.24, 2.45) is 35.1 Å². The molecule has 0 saturated heterocycles. The van der Waals surface area contributed by atoms with Crippen LogP contribution in [0.2, 0.25) is 0 Å². The molecule has 4 unspecified atom stereocenters. The number of hydrogen-bond donors (Lipinski definition) is 12. The first-order valence-electron chi connectivity index (χ1n) is 19.3. The maximum absolute atomic E-state index is 13.4. The van der Waals surface area contributed by atoms with Gasteiger partial charge >= 0.3 is 0 Å². The summed E-state index contributed by atoms with van der Waals surface area (Å²) in [6.07, 6.45) is -0.331. The molecule has 20 nitrogen and oxygen atoms in total. The Bertz CT molecular complexity index is 2610. The number of nitrogens with one attached hydrogen (secondary N) is 1. The SMILES string of the molecule is CN(C)CC(=O)Nc1ccc(O)c2c1CC1CC3CC(=O)C(C(N)=O)=C(O)[C@@]3(O)C(=O)C1=C2O.NC(=O)C1=C(O)[C@@]2(O)C(=O)C3=C(O)c4c(O)ccc(N)c4CC3CC2CC1=O. The number of primary amides is 2. The number of nitrogens with two attached hydrogens (primary N) is 3. The summed E-state index contributed by atoms with van der Waals surface area (Å²) in [5, 5.41) is 88.3. The van der Waals surface area contributed by atoms with E-state index in [0.717, 1.165) is 0 Å². The van der Waals surface area contributed by atoms with Crippen LogP contribution in [0.5, 0.6) is 11.5 Å². The van der Waals surface area contributed by atoms with E-state index in [1.54, 1.807) is 19.0 Å². The zero-order chi connectivity index (χ0) is 45.7. The number of phenolic OH excluding ortho intramolecular Hbond substituents is 2. The van der Waals surface area contributed by atoms with Gasteiger partial charge in [-0.2, -0.15) is 0 Å². The van der Waals surface area contributed by atoms with Crippen molar-refractivity contribution in [3.8, 4) is 11.5 Å². The van der Waals surface area contributed by atoms with E-state index in [0.29, 0.717) is 22.5 Å². The summed E-state index contributed by atoms with van der Waals surface area (Å²) in [5.74, 6) is -13.8. The summed E-state index contributed by atoms with van der Waals surface area (Å²) in [7, 11) is 3.45. The molecule has 0 bridgehead atoms. The van der Waals surface area contributed by atoms with Gasteiger partial charge in [-0.3, -0.25) is 33.6 Å². The third-order valence-corrected chi connectivity index (χ3v) is 12.7. The van der Waals surface area contributed by atoms with Crippen LogP contribution in [0.1, 0.15) is 47.9 Å². The highest BCUT2D eigenvalue weighted by Gasteiger charge is 2.62. The predicted octanol–water partition coefficient (Wildman–Crippen LogP) is -0.0699. The Morgan fingerprint density at radius 1 is 0.677 bits per heavy atom. The second-order valence-corrected chi connectivity index (χ2v) is 16.6. The summed E-state index contributed by atoms with van der Waals surface area (Å²) in [5.41, 5.74) is 10.5. The molecule has 2 fully saturated rings. The summed E-state index contributed by atoms with van der Waals surface area (Å²) in [6, 6.07) is 5.50. The number of carbonyl (C=O) groups is 7. The number of aromatic hydroxyl groups is 2. The molecule has 0 aromatic heterocycles. The number of fused-ring (bicyclic) bond motifs is 6. The van der Waals surface area contributed by atoms with Crippen molar-refractivity contribution in [2.75, 3.05) is 31.7 Å². The van der Waals surface area contributed by atoms with Crippen molar-refractivity contribution in [2.45, 2.75) is 49.7 Å². The Kier molecular flexibility index (Phi) is 10.3. The Morgan fingerprint density at radius 2 is 1.10 bits per heavy atom.